The second kappa shape index (κ2) is 30.2. The molecule has 5 saturated carbocycles. The number of aliphatic hydroxyl groups excluding tert-OH is 4. The number of hydrogen-bond acceptors (Lipinski definition) is 10. The van der Waals surface area contributed by atoms with Gasteiger partial charge in [-0.05, 0) is 185 Å². The van der Waals surface area contributed by atoms with E-state index in [4.69, 9.17) is 9.84 Å². The Balaban J connectivity index is 0.000000422. The van der Waals surface area contributed by atoms with Gasteiger partial charge in [-0.15, -0.1) is 0 Å². The minimum atomic E-state index is -0.955. The van der Waals surface area contributed by atoms with Gasteiger partial charge in [0.05, 0.1) is 50.1 Å². The highest BCUT2D eigenvalue weighted by atomic mass is 16.6. The third-order valence-electron chi connectivity index (χ3n) is 16.2. The molecule has 0 aromatic carbocycles. The van der Waals surface area contributed by atoms with Crippen molar-refractivity contribution in [2.24, 2.45) is 56.7 Å². The van der Waals surface area contributed by atoms with Gasteiger partial charge in [-0.25, -0.2) is 0 Å². The fourth-order valence-electron chi connectivity index (χ4n) is 10.7. The molecule has 5 aliphatic carbocycles. The number of aliphatic carboxylic acids is 1. The standard InChI is InChI=1S/C14H24O4.4C10H20O.C4H4O3/c1-14(2,3)10-4-6-11(7-5-10)18-13(17)9-8-12(15)16;4*1-10(2,3)8-4-6-9(11)7-5-8;5-3-1-2-4(6)7-3/h10-11H,4-9H2,1-3H3,(H,15,16);4*8-9,11H,4-7H2,1-3H3;1-2H2. The van der Waals surface area contributed by atoms with Crippen molar-refractivity contribution < 1.29 is 54.2 Å². The lowest BCUT2D eigenvalue weighted by Gasteiger charge is -2.36. The van der Waals surface area contributed by atoms with Gasteiger partial charge in [0.25, 0.3) is 0 Å². The molecule has 0 aromatic heterocycles. The van der Waals surface area contributed by atoms with E-state index in [9.17, 15) is 39.6 Å². The Labute approximate surface area is 421 Å². The number of esters is 3. The van der Waals surface area contributed by atoms with E-state index in [-0.39, 0.29) is 62.2 Å². The molecule has 0 aromatic rings. The largest absolute Gasteiger partial charge is 0.481 e. The fraction of sp³-hybridized carbons (Fsp3) is 0.931. The molecule has 0 spiro atoms. The number of carboxylic acids is 1. The smallest absolute Gasteiger partial charge is 0.314 e. The Kier molecular flexibility index (Phi) is 28.4. The van der Waals surface area contributed by atoms with Crippen molar-refractivity contribution in [3.63, 3.8) is 0 Å². The first-order valence-corrected chi connectivity index (χ1v) is 27.4. The molecule has 0 unspecified atom stereocenters. The predicted molar refractivity (Wildman–Crippen MR) is 278 cm³/mol. The molecule has 11 nitrogen and oxygen atoms in total. The lowest BCUT2D eigenvalue weighted by molar-refractivity contribution is -0.154. The summed E-state index contributed by atoms with van der Waals surface area (Å²) < 4.78 is 9.38. The van der Waals surface area contributed by atoms with E-state index in [0.717, 1.165) is 101 Å². The molecule has 1 heterocycles. The first-order valence-electron chi connectivity index (χ1n) is 27.4. The van der Waals surface area contributed by atoms with Crippen LogP contribution in [0.3, 0.4) is 0 Å². The lowest BCUT2D eigenvalue weighted by Crippen LogP contribution is -2.30. The minimum absolute atomic E-state index is 0.00593. The predicted octanol–water partition coefficient (Wildman–Crippen LogP) is 13.2. The van der Waals surface area contributed by atoms with Crippen molar-refractivity contribution >= 4 is 23.9 Å². The van der Waals surface area contributed by atoms with Gasteiger partial charge in [0, 0.05) is 0 Å². The van der Waals surface area contributed by atoms with E-state index < -0.39 is 17.9 Å². The van der Waals surface area contributed by atoms with Gasteiger partial charge in [0.15, 0.2) is 0 Å². The summed E-state index contributed by atoms with van der Waals surface area (Å²) in [7, 11) is 0. The zero-order valence-electron chi connectivity index (χ0n) is 46.9. The molecule has 0 radical (unpaired) electrons. The molecule has 0 atom stereocenters. The molecule has 11 heteroatoms. The Hall–Kier alpha value is -2.08. The molecule has 1 aliphatic heterocycles. The Morgan fingerprint density at radius 1 is 0.406 bits per heavy atom. The topological polar surface area (TPSA) is 188 Å². The third kappa shape index (κ3) is 29.3. The van der Waals surface area contributed by atoms with E-state index in [2.05, 4.69) is 109 Å². The summed E-state index contributed by atoms with van der Waals surface area (Å²) in [4.78, 5) is 41.8. The average Bonchev–Trinajstić information content (AvgIpc) is 3.62. The van der Waals surface area contributed by atoms with Gasteiger partial charge in [-0.1, -0.05) is 104 Å². The fourth-order valence-corrected chi connectivity index (χ4v) is 10.7. The Morgan fingerprint density at radius 3 is 0.797 bits per heavy atom. The van der Waals surface area contributed by atoms with Crippen LogP contribution < -0.4 is 0 Å². The van der Waals surface area contributed by atoms with E-state index in [1.807, 2.05) is 0 Å². The summed E-state index contributed by atoms with van der Waals surface area (Å²) in [6.45, 7) is 34.4. The van der Waals surface area contributed by atoms with Crippen LogP contribution in [0.15, 0.2) is 0 Å². The highest BCUT2D eigenvalue weighted by Crippen LogP contribution is 2.41. The zero-order chi connectivity index (χ0) is 53.0. The molecule has 6 aliphatic rings. The van der Waals surface area contributed by atoms with Gasteiger partial charge in [-0.3, -0.25) is 19.2 Å². The number of hydrogen-bond donors (Lipinski definition) is 5. The van der Waals surface area contributed by atoms with Crippen LogP contribution in [0.4, 0.5) is 0 Å². The average molecular weight is 981 g/mol. The number of ether oxygens (including phenoxy) is 2. The SMILES string of the molecule is CC(C)(C)C1CCC(O)CC1.CC(C)(C)C1CCC(O)CC1.CC(C)(C)C1CCC(O)CC1.CC(C)(C)C1CCC(O)CC1.CC(C)(C)C1CCC(OC(=O)CCC(=O)O)CC1.O=C1CCC(=O)O1. The first kappa shape index (κ1) is 64.9. The van der Waals surface area contributed by atoms with E-state index >= 15 is 0 Å². The van der Waals surface area contributed by atoms with E-state index in [0.29, 0.717) is 33.0 Å². The maximum Gasteiger partial charge on any atom is 0.314 e. The number of cyclic esters (lactones) is 2. The van der Waals surface area contributed by atoms with Gasteiger partial charge in [0.1, 0.15) is 6.10 Å². The number of carbonyl (C=O) groups is 4. The number of aliphatic hydroxyl groups is 4. The second-order valence-electron chi connectivity index (χ2n) is 27.1. The van der Waals surface area contributed by atoms with Gasteiger partial charge in [0.2, 0.25) is 0 Å². The number of rotatable bonds is 4. The van der Waals surface area contributed by atoms with Gasteiger partial charge < -0.3 is 35.0 Å². The van der Waals surface area contributed by atoms with Crippen molar-refractivity contribution in [3.05, 3.63) is 0 Å². The zero-order valence-corrected chi connectivity index (χ0v) is 46.9. The van der Waals surface area contributed by atoms with Crippen LogP contribution in [0.25, 0.3) is 0 Å². The summed E-state index contributed by atoms with van der Waals surface area (Å²) >= 11 is 0. The summed E-state index contributed by atoms with van der Waals surface area (Å²) in [5.41, 5.74) is 2.10. The summed E-state index contributed by atoms with van der Waals surface area (Å²) in [6, 6.07) is 0. The van der Waals surface area contributed by atoms with E-state index in [1.165, 1.54) is 51.4 Å². The van der Waals surface area contributed by atoms with Gasteiger partial charge in [-0.2, -0.15) is 0 Å². The van der Waals surface area contributed by atoms with Gasteiger partial charge >= 0.3 is 23.9 Å². The molecule has 69 heavy (non-hydrogen) atoms. The van der Waals surface area contributed by atoms with Crippen LogP contribution in [0, 0.1) is 56.7 Å². The molecule has 6 rings (SSSR count). The molecule has 0 bridgehead atoms. The molecular weight excluding hydrogens is 873 g/mol. The normalized spacial score (nSPS) is 30.0. The summed E-state index contributed by atoms with van der Waals surface area (Å²) in [5, 5.41) is 45.7. The molecular formula is C58H108O11. The number of carboxylic acid groups (broad SMARTS) is 1. The van der Waals surface area contributed by atoms with Crippen molar-refractivity contribution in [2.75, 3.05) is 0 Å². The number of carbonyl (C=O) groups excluding carboxylic acids is 3. The quantitative estimate of drug-likeness (QED) is 0.133. The first-order chi connectivity index (χ1) is 31.6. The maximum absolute atomic E-state index is 11.4. The molecule has 6 fully saturated rings. The lowest BCUT2D eigenvalue weighted by atomic mass is 9.72. The summed E-state index contributed by atoms with van der Waals surface area (Å²) in [5.74, 6) is 1.86. The highest BCUT2D eigenvalue weighted by molar-refractivity contribution is 5.92. The van der Waals surface area contributed by atoms with Crippen LogP contribution >= 0.6 is 0 Å². The molecule has 0 amide bonds. The monoisotopic (exact) mass is 981 g/mol. The molecule has 1 saturated heterocycles. The Morgan fingerprint density at radius 2 is 0.623 bits per heavy atom. The van der Waals surface area contributed by atoms with Crippen LogP contribution in [0.2, 0.25) is 0 Å². The maximum atomic E-state index is 11.4. The van der Waals surface area contributed by atoms with Crippen molar-refractivity contribution in [1.82, 2.24) is 0 Å². The van der Waals surface area contributed by atoms with Crippen molar-refractivity contribution in [1.29, 1.82) is 0 Å². The van der Waals surface area contributed by atoms with Crippen molar-refractivity contribution in [2.45, 2.75) is 288 Å². The van der Waals surface area contributed by atoms with Crippen molar-refractivity contribution in [3.8, 4) is 0 Å². The molecule has 406 valence electrons. The summed E-state index contributed by atoms with van der Waals surface area (Å²) in [6.07, 6.45) is 22.1. The third-order valence-corrected chi connectivity index (χ3v) is 16.2. The van der Waals surface area contributed by atoms with Crippen LogP contribution in [-0.2, 0) is 28.7 Å². The van der Waals surface area contributed by atoms with Crippen LogP contribution in [0.5, 0.6) is 0 Å². The van der Waals surface area contributed by atoms with Crippen LogP contribution in [0.1, 0.15) is 258 Å². The van der Waals surface area contributed by atoms with E-state index in [1.54, 1.807) is 0 Å². The second-order valence-corrected chi connectivity index (χ2v) is 27.1. The van der Waals surface area contributed by atoms with Crippen LogP contribution in [-0.4, -0.2) is 79.9 Å². The highest BCUT2D eigenvalue weighted by Gasteiger charge is 2.33. The minimum Gasteiger partial charge on any atom is -0.481 e. The Bertz CT molecular complexity index is 1290. The molecule has 5 N–H and O–H groups in total.